The van der Waals surface area contributed by atoms with Crippen LogP contribution in [0.5, 0.6) is 0 Å². The Kier molecular flexibility index (Phi) is 2.62. The molecule has 0 aliphatic rings. The largest absolute Gasteiger partial charge is 0.368 e. The number of hydrogen-bond acceptors (Lipinski definition) is 4. The minimum absolute atomic E-state index is 0.140. The summed E-state index contributed by atoms with van der Waals surface area (Å²) in [5.74, 6) is -3.45. The van der Waals surface area contributed by atoms with Gasteiger partial charge in [-0.15, -0.1) is 5.10 Å². The number of rotatable bonds is 2. The summed E-state index contributed by atoms with van der Waals surface area (Å²) < 4.78 is 40.1. The molecule has 17 heavy (non-hydrogen) atoms. The molecule has 1 aromatic carbocycles. The van der Waals surface area contributed by atoms with E-state index in [1.54, 1.807) is 7.05 Å². The SMILES string of the molecule is CNc1nc(N)n(-c2cc(F)c(F)cc2F)n1. The standard InChI is InChI=1S/C9H8F3N5/c1-14-9-15-8(13)17(16-9)7-3-5(11)4(10)2-6(7)12/h2-3H,1H3,(H3,13,14,15,16). The maximum atomic E-state index is 13.4. The second-order valence-corrected chi connectivity index (χ2v) is 3.17. The van der Waals surface area contributed by atoms with Crippen molar-refractivity contribution in [3.05, 3.63) is 29.6 Å². The first-order valence-corrected chi connectivity index (χ1v) is 4.58. The van der Waals surface area contributed by atoms with Crippen LogP contribution in [0.4, 0.5) is 25.1 Å². The van der Waals surface area contributed by atoms with E-state index in [0.29, 0.717) is 12.1 Å². The van der Waals surface area contributed by atoms with Crippen LogP contribution in [0.15, 0.2) is 12.1 Å². The maximum absolute atomic E-state index is 13.4. The monoisotopic (exact) mass is 243 g/mol. The molecule has 0 spiro atoms. The lowest BCUT2D eigenvalue weighted by atomic mass is 10.3. The molecule has 8 heteroatoms. The first-order chi connectivity index (χ1) is 8.02. The average molecular weight is 243 g/mol. The fraction of sp³-hybridized carbons (Fsp3) is 0.111. The summed E-state index contributed by atoms with van der Waals surface area (Å²) in [6.07, 6.45) is 0. The molecule has 0 radical (unpaired) electrons. The number of nitrogens with zero attached hydrogens (tertiary/aromatic N) is 3. The molecule has 1 aromatic heterocycles. The highest BCUT2D eigenvalue weighted by atomic mass is 19.2. The van der Waals surface area contributed by atoms with Gasteiger partial charge in [-0.25, -0.2) is 13.2 Å². The Labute approximate surface area is 94.1 Å². The number of nitrogens with one attached hydrogen (secondary N) is 1. The summed E-state index contributed by atoms with van der Waals surface area (Å²) in [5.41, 5.74) is 5.16. The van der Waals surface area contributed by atoms with E-state index in [2.05, 4.69) is 15.4 Å². The highest BCUT2D eigenvalue weighted by Gasteiger charge is 2.15. The number of halogens is 3. The predicted molar refractivity (Wildman–Crippen MR) is 55.2 cm³/mol. The highest BCUT2D eigenvalue weighted by Crippen LogP contribution is 2.20. The van der Waals surface area contributed by atoms with Gasteiger partial charge in [-0.2, -0.15) is 9.67 Å². The van der Waals surface area contributed by atoms with Gasteiger partial charge >= 0.3 is 0 Å². The number of hydrogen-bond donors (Lipinski definition) is 2. The lowest BCUT2D eigenvalue weighted by molar-refractivity contribution is 0.491. The van der Waals surface area contributed by atoms with Crippen molar-refractivity contribution in [2.45, 2.75) is 0 Å². The molecular formula is C9H8F3N5. The van der Waals surface area contributed by atoms with Crippen LogP contribution < -0.4 is 11.1 Å². The van der Waals surface area contributed by atoms with Gasteiger partial charge in [0.05, 0.1) is 0 Å². The summed E-state index contributed by atoms with van der Waals surface area (Å²) in [6.45, 7) is 0. The third-order valence-corrected chi connectivity index (χ3v) is 2.07. The van der Waals surface area contributed by atoms with Crippen LogP contribution in [-0.4, -0.2) is 21.8 Å². The first kappa shape index (κ1) is 11.2. The number of aromatic nitrogens is 3. The number of benzene rings is 1. The van der Waals surface area contributed by atoms with Gasteiger partial charge in [-0.05, 0) is 0 Å². The molecule has 0 bridgehead atoms. The molecule has 0 unspecified atom stereocenters. The Morgan fingerprint density at radius 2 is 1.82 bits per heavy atom. The van der Waals surface area contributed by atoms with Gasteiger partial charge in [0, 0.05) is 19.2 Å². The number of nitrogens with two attached hydrogens (primary N) is 1. The quantitative estimate of drug-likeness (QED) is 0.780. The highest BCUT2D eigenvalue weighted by molar-refractivity contribution is 5.42. The van der Waals surface area contributed by atoms with Crippen molar-refractivity contribution in [3.8, 4) is 5.69 Å². The van der Waals surface area contributed by atoms with Crippen molar-refractivity contribution < 1.29 is 13.2 Å². The normalized spacial score (nSPS) is 10.6. The Bertz CT molecular complexity index is 566. The third kappa shape index (κ3) is 1.88. The summed E-state index contributed by atoms with van der Waals surface area (Å²) in [7, 11) is 1.54. The van der Waals surface area contributed by atoms with Crippen molar-refractivity contribution in [2.24, 2.45) is 0 Å². The van der Waals surface area contributed by atoms with Crippen LogP contribution in [0.2, 0.25) is 0 Å². The van der Waals surface area contributed by atoms with Crippen molar-refractivity contribution in [3.63, 3.8) is 0 Å². The van der Waals surface area contributed by atoms with Crippen molar-refractivity contribution in [1.29, 1.82) is 0 Å². The van der Waals surface area contributed by atoms with E-state index in [-0.39, 0.29) is 17.6 Å². The average Bonchev–Trinajstić information content (AvgIpc) is 2.65. The van der Waals surface area contributed by atoms with E-state index in [0.717, 1.165) is 4.68 Å². The zero-order chi connectivity index (χ0) is 12.6. The third-order valence-electron chi connectivity index (χ3n) is 2.07. The van der Waals surface area contributed by atoms with Gasteiger partial charge in [0.15, 0.2) is 17.5 Å². The molecule has 0 aliphatic heterocycles. The molecule has 0 saturated heterocycles. The molecule has 0 fully saturated rings. The van der Waals surface area contributed by atoms with E-state index in [4.69, 9.17) is 5.73 Å². The van der Waals surface area contributed by atoms with E-state index in [1.165, 1.54) is 0 Å². The van der Waals surface area contributed by atoms with Crippen LogP contribution in [0.3, 0.4) is 0 Å². The Hall–Kier alpha value is -2.25. The van der Waals surface area contributed by atoms with Crippen molar-refractivity contribution in [1.82, 2.24) is 14.8 Å². The molecule has 2 aromatic rings. The summed E-state index contributed by atoms with van der Waals surface area (Å²) in [6, 6.07) is 1.08. The first-order valence-electron chi connectivity index (χ1n) is 4.58. The van der Waals surface area contributed by atoms with Crippen LogP contribution in [-0.2, 0) is 0 Å². The van der Waals surface area contributed by atoms with E-state index < -0.39 is 17.5 Å². The van der Waals surface area contributed by atoms with Gasteiger partial charge in [0.2, 0.25) is 11.9 Å². The molecule has 5 nitrogen and oxygen atoms in total. The Morgan fingerprint density at radius 3 is 2.41 bits per heavy atom. The molecule has 0 amide bonds. The molecule has 3 N–H and O–H groups in total. The fourth-order valence-corrected chi connectivity index (χ4v) is 1.28. The smallest absolute Gasteiger partial charge is 0.244 e. The van der Waals surface area contributed by atoms with Crippen LogP contribution >= 0.6 is 0 Å². The fourth-order valence-electron chi connectivity index (χ4n) is 1.28. The second kappa shape index (κ2) is 3.96. The minimum atomic E-state index is -1.28. The van der Waals surface area contributed by atoms with Gasteiger partial charge in [0.25, 0.3) is 0 Å². The predicted octanol–water partition coefficient (Wildman–Crippen LogP) is 1.31. The summed E-state index contributed by atoms with van der Waals surface area (Å²) >= 11 is 0. The van der Waals surface area contributed by atoms with E-state index >= 15 is 0 Å². The van der Waals surface area contributed by atoms with Gasteiger partial charge in [-0.3, -0.25) is 0 Å². The molecule has 2 rings (SSSR count). The number of nitrogen functional groups attached to an aromatic ring is 1. The molecule has 0 aliphatic carbocycles. The maximum Gasteiger partial charge on any atom is 0.244 e. The van der Waals surface area contributed by atoms with Crippen LogP contribution in [0, 0.1) is 17.5 Å². The molecule has 0 atom stereocenters. The zero-order valence-corrected chi connectivity index (χ0v) is 8.71. The van der Waals surface area contributed by atoms with Gasteiger partial charge in [-0.1, -0.05) is 0 Å². The molecular weight excluding hydrogens is 235 g/mol. The Morgan fingerprint density at radius 1 is 1.18 bits per heavy atom. The van der Waals surface area contributed by atoms with Crippen LogP contribution in [0.25, 0.3) is 5.69 Å². The van der Waals surface area contributed by atoms with Gasteiger partial charge < -0.3 is 11.1 Å². The van der Waals surface area contributed by atoms with Crippen LogP contribution in [0.1, 0.15) is 0 Å². The molecule has 90 valence electrons. The summed E-state index contributed by atoms with van der Waals surface area (Å²) in [4.78, 5) is 3.73. The lowest BCUT2D eigenvalue weighted by Gasteiger charge is -2.04. The lowest BCUT2D eigenvalue weighted by Crippen LogP contribution is -2.06. The van der Waals surface area contributed by atoms with Gasteiger partial charge in [0.1, 0.15) is 5.69 Å². The number of anilines is 2. The molecule has 0 saturated carbocycles. The Balaban J connectivity index is 2.59. The van der Waals surface area contributed by atoms with E-state index in [1.807, 2.05) is 0 Å². The minimum Gasteiger partial charge on any atom is -0.368 e. The van der Waals surface area contributed by atoms with Crippen molar-refractivity contribution in [2.75, 3.05) is 18.1 Å². The molecule has 1 heterocycles. The topological polar surface area (TPSA) is 68.8 Å². The second-order valence-electron chi connectivity index (χ2n) is 3.17. The van der Waals surface area contributed by atoms with E-state index in [9.17, 15) is 13.2 Å². The zero-order valence-electron chi connectivity index (χ0n) is 8.71. The van der Waals surface area contributed by atoms with Crippen molar-refractivity contribution >= 4 is 11.9 Å². The summed E-state index contributed by atoms with van der Waals surface area (Å²) in [5, 5.41) is 6.36.